The zero-order valence-corrected chi connectivity index (χ0v) is 23.4. The number of rotatable bonds is 9. The molecule has 0 saturated carbocycles. The van der Waals surface area contributed by atoms with Crippen molar-refractivity contribution >= 4 is 28.8 Å². The summed E-state index contributed by atoms with van der Waals surface area (Å²) in [6.07, 6.45) is 2.50. The second-order valence-electron chi connectivity index (χ2n) is 10.4. The molecule has 0 spiro atoms. The van der Waals surface area contributed by atoms with Crippen LogP contribution in [0.4, 0.5) is 0 Å². The number of piperidine rings is 1. The maximum absolute atomic E-state index is 13.5. The molecule has 1 aliphatic rings. The zero-order chi connectivity index (χ0) is 25.7. The van der Waals surface area contributed by atoms with Gasteiger partial charge in [-0.25, -0.2) is 0 Å². The lowest BCUT2D eigenvalue weighted by Gasteiger charge is -2.43. The number of hydrogen-bond acceptors (Lipinski definition) is 4. The van der Waals surface area contributed by atoms with E-state index >= 15 is 0 Å². The number of ether oxygens (including phenoxy) is 1. The Morgan fingerprint density at radius 1 is 1.14 bits per heavy atom. The standard InChI is InChI=1S/C30H37ClN2O2S/c1-22-15-27(11-12-28(22)31)35-21-30(17-29(34)32(4)18-25-9-6-5-7-10-25)13-8-14-33(20-30)19-26-16-23(2)36-24(26)3/h5-7,9-12,15-16H,8,13-14,17-21H2,1-4H3/t30-/m1/s1. The normalized spacial score (nSPS) is 18.2. The molecule has 2 heterocycles. The topological polar surface area (TPSA) is 32.8 Å². The van der Waals surface area contributed by atoms with Gasteiger partial charge in [0.1, 0.15) is 5.75 Å². The first-order valence-electron chi connectivity index (χ1n) is 12.7. The number of carbonyl (C=O) groups is 1. The van der Waals surface area contributed by atoms with E-state index in [1.807, 2.05) is 66.6 Å². The third-order valence-corrected chi connectivity index (χ3v) is 8.60. The lowest BCUT2D eigenvalue weighted by atomic mass is 9.77. The van der Waals surface area contributed by atoms with Crippen molar-refractivity contribution in [2.45, 2.75) is 53.1 Å². The van der Waals surface area contributed by atoms with Gasteiger partial charge in [-0.05, 0) is 81.1 Å². The van der Waals surface area contributed by atoms with Crippen molar-refractivity contribution in [1.82, 2.24) is 9.80 Å². The quantitative estimate of drug-likeness (QED) is 0.301. The van der Waals surface area contributed by atoms with E-state index in [0.29, 0.717) is 19.6 Å². The van der Waals surface area contributed by atoms with Gasteiger partial charge in [-0.2, -0.15) is 0 Å². The van der Waals surface area contributed by atoms with Crippen LogP contribution in [0.2, 0.25) is 5.02 Å². The Kier molecular flexibility index (Phi) is 8.76. The van der Waals surface area contributed by atoms with E-state index in [0.717, 1.165) is 54.4 Å². The first kappa shape index (κ1) is 26.7. The largest absolute Gasteiger partial charge is 0.493 e. The number of likely N-dealkylation sites (tertiary alicyclic amines) is 1. The third-order valence-electron chi connectivity index (χ3n) is 7.17. The fraction of sp³-hybridized carbons (Fsp3) is 0.433. The fourth-order valence-electron chi connectivity index (χ4n) is 5.18. The van der Waals surface area contributed by atoms with Crippen LogP contribution in [-0.2, 0) is 17.9 Å². The van der Waals surface area contributed by atoms with E-state index in [-0.39, 0.29) is 11.3 Å². The molecule has 0 bridgehead atoms. The maximum Gasteiger partial charge on any atom is 0.223 e. The number of hydrogen-bond donors (Lipinski definition) is 0. The number of halogens is 1. The van der Waals surface area contributed by atoms with Gasteiger partial charge in [0.2, 0.25) is 5.91 Å². The Balaban J connectivity index is 1.51. The van der Waals surface area contributed by atoms with E-state index in [9.17, 15) is 4.79 Å². The summed E-state index contributed by atoms with van der Waals surface area (Å²) in [5.41, 5.74) is 3.29. The molecule has 0 N–H and O–H groups in total. The predicted octanol–water partition coefficient (Wildman–Crippen LogP) is 7.04. The molecule has 1 fully saturated rings. The van der Waals surface area contributed by atoms with Crippen LogP contribution >= 0.6 is 22.9 Å². The number of amides is 1. The van der Waals surface area contributed by atoms with Crippen LogP contribution in [0.25, 0.3) is 0 Å². The number of nitrogens with zero attached hydrogens (tertiary/aromatic N) is 2. The molecule has 1 aromatic heterocycles. The van der Waals surface area contributed by atoms with Crippen LogP contribution in [0.1, 0.15) is 45.7 Å². The Morgan fingerprint density at radius 3 is 2.61 bits per heavy atom. The highest BCUT2D eigenvalue weighted by Crippen LogP contribution is 2.37. The van der Waals surface area contributed by atoms with Gasteiger partial charge < -0.3 is 9.64 Å². The Labute approximate surface area is 224 Å². The van der Waals surface area contributed by atoms with E-state index in [2.05, 4.69) is 36.9 Å². The van der Waals surface area contributed by atoms with Crippen molar-refractivity contribution in [3.05, 3.63) is 86.1 Å². The minimum absolute atomic E-state index is 0.166. The van der Waals surface area contributed by atoms with Gasteiger partial charge >= 0.3 is 0 Å². The summed E-state index contributed by atoms with van der Waals surface area (Å²) in [6.45, 7) is 10.3. The van der Waals surface area contributed by atoms with Crippen LogP contribution in [-0.4, -0.2) is 42.5 Å². The molecule has 2 aromatic carbocycles. The van der Waals surface area contributed by atoms with Crippen molar-refractivity contribution < 1.29 is 9.53 Å². The molecule has 36 heavy (non-hydrogen) atoms. The average Bonchev–Trinajstić information content (AvgIpc) is 3.17. The second-order valence-corrected chi connectivity index (χ2v) is 12.2. The zero-order valence-electron chi connectivity index (χ0n) is 21.9. The molecular weight excluding hydrogens is 488 g/mol. The van der Waals surface area contributed by atoms with Crippen molar-refractivity contribution in [2.75, 3.05) is 26.7 Å². The van der Waals surface area contributed by atoms with Gasteiger partial charge in [0.25, 0.3) is 0 Å². The van der Waals surface area contributed by atoms with Crippen molar-refractivity contribution in [3.8, 4) is 5.75 Å². The summed E-state index contributed by atoms with van der Waals surface area (Å²) in [5.74, 6) is 0.974. The molecule has 0 aliphatic carbocycles. The summed E-state index contributed by atoms with van der Waals surface area (Å²) in [5, 5.41) is 0.736. The Hall–Kier alpha value is -2.34. The van der Waals surface area contributed by atoms with Gasteiger partial charge in [0.05, 0.1) is 6.61 Å². The summed E-state index contributed by atoms with van der Waals surface area (Å²) >= 11 is 8.09. The number of carbonyl (C=O) groups excluding carboxylic acids is 1. The van der Waals surface area contributed by atoms with Crippen LogP contribution < -0.4 is 4.74 Å². The fourth-order valence-corrected chi connectivity index (χ4v) is 6.24. The third kappa shape index (κ3) is 6.90. The van der Waals surface area contributed by atoms with Gasteiger partial charge in [-0.3, -0.25) is 9.69 Å². The predicted molar refractivity (Wildman–Crippen MR) is 150 cm³/mol. The van der Waals surface area contributed by atoms with Crippen LogP contribution in [0, 0.1) is 26.2 Å². The first-order chi connectivity index (χ1) is 17.2. The van der Waals surface area contributed by atoms with Crippen LogP contribution in [0.3, 0.4) is 0 Å². The van der Waals surface area contributed by atoms with E-state index < -0.39 is 0 Å². The first-order valence-corrected chi connectivity index (χ1v) is 13.9. The molecule has 1 aliphatic heterocycles. The van der Waals surface area contributed by atoms with Gasteiger partial charge in [-0.1, -0.05) is 41.9 Å². The number of aryl methyl sites for hydroxylation is 3. The highest BCUT2D eigenvalue weighted by molar-refractivity contribution is 7.12. The van der Waals surface area contributed by atoms with Crippen LogP contribution in [0.5, 0.6) is 5.75 Å². The van der Waals surface area contributed by atoms with E-state index in [1.54, 1.807) is 0 Å². The van der Waals surface area contributed by atoms with E-state index in [4.69, 9.17) is 16.3 Å². The van der Waals surface area contributed by atoms with Crippen LogP contribution in [0.15, 0.2) is 54.6 Å². The summed E-state index contributed by atoms with van der Waals surface area (Å²) in [6, 6.07) is 18.3. The number of thiophene rings is 1. The lowest BCUT2D eigenvalue weighted by Crippen LogP contribution is -2.48. The summed E-state index contributed by atoms with van der Waals surface area (Å²) in [7, 11) is 1.91. The van der Waals surface area contributed by atoms with E-state index in [1.165, 1.54) is 15.3 Å². The summed E-state index contributed by atoms with van der Waals surface area (Å²) < 4.78 is 6.36. The molecule has 1 amide bonds. The smallest absolute Gasteiger partial charge is 0.223 e. The Bertz CT molecular complexity index is 1180. The Morgan fingerprint density at radius 2 is 1.92 bits per heavy atom. The van der Waals surface area contributed by atoms with Gasteiger partial charge in [0.15, 0.2) is 0 Å². The lowest BCUT2D eigenvalue weighted by molar-refractivity contribution is -0.135. The SMILES string of the molecule is Cc1cc(CN2CCC[C@@](COc3ccc(Cl)c(C)c3)(CC(=O)N(C)Cc3ccccc3)C2)c(C)s1. The van der Waals surface area contributed by atoms with Gasteiger partial charge in [-0.15, -0.1) is 11.3 Å². The van der Waals surface area contributed by atoms with Crippen molar-refractivity contribution in [2.24, 2.45) is 5.41 Å². The molecule has 3 aromatic rings. The molecule has 6 heteroatoms. The molecule has 0 radical (unpaired) electrons. The number of benzene rings is 2. The second kappa shape index (κ2) is 11.8. The van der Waals surface area contributed by atoms with Crippen molar-refractivity contribution in [3.63, 3.8) is 0 Å². The highest BCUT2D eigenvalue weighted by Gasteiger charge is 2.39. The highest BCUT2D eigenvalue weighted by atomic mass is 35.5. The molecule has 0 unspecified atom stereocenters. The average molecular weight is 525 g/mol. The molecule has 1 atom stereocenters. The molecule has 1 saturated heterocycles. The van der Waals surface area contributed by atoms with Crippen molar-refractivity contribution in [1.29, 1.82) is 0 Å². The minimum atomic E-state index is -0.243. The molecular formula is C30H37ClN2O2S. The minimum Gasteiger partial charge on any atom is -0.493 e. The molecule has 4 nitrogen and oxygen atoms in total. The maximum atomic E-state index is 13.5. The van der Waals surface area contributed by atoms with Gasteiger partial charge in [0, 0.05) is 53.3 Å². The monoisotopic (exact) mass is 524 g/mol. The summed E-state index contributed by atoms with van der Waals surface area (Å²) in [4.78, 5) is 20.6. The molecule has 192 valence electrons. The molecule has 4 rings (SSSR count).